The second-order valence-corrected chi connectivity index (χ2v) is 12.1. The minimum Gasteiger partial charge on any atom is -0.496 e. The van der Waals surface area contributed by atoms with Gasteiger partial charge in [-0.3, -0.25) is 14.4 Å². The summed E-state index contributed by atoms with van der Waals surface area (Å²) >= 11 is 0. The summed E-state index contributed by atoms with van der Waals surface area (Å²) in [5.41, 5.74) is -0.243. The van der Waals surface area contributed by atoms with E-state index in [0.29, 0.717) is 37.4 Å². The van der Waals surface area contributed by atoms with Crippen LogP contribution in [0.3, 0.4) is 0 Å². The number of halogens is 4. The molecule has 0 unspecified atom stereocenters. The van der Waals surface area contributed by atoms with Crippen molar-refractivity contribution in [2.24, 2.45) is 23.7 Å². The van der Waals surface area contributed by atoms with Gasteiger partial charge in [-0.25, -0.2) is 4.39 Å². The Hall–Kier alpha value is -3.93. The molecule has 0 radical (unpaired) electrons. The van der Waals surface area contributed by atoms with Crippen molar-refractivity contribution in [2.75, 3.05) is 25.5 Å². The molecule has 4 fully saturated rings. The van der Waals surface area contributed by atoms with E-state index in [1.165, 1.54) is 24.1 Å². The first-order valence-corrected chi connectivity index (χ1v) is 14.8. The number of anilines is 1. The summed E-state index contributed by atoms with van der Waals surface area (Å²) in [4.78, 5) is 42.1. The maximum absolute atomic E-state index is 13.9. The van der Waals surface area contributed by atoms with Gasteiger partial charge in [0.2, 0.25) is 5.91 Å². The average molecular weight is 616 g/mol. The van der Waals surface area contributed by atoms with E-state index in [1.54, 1.807) is 6.07 Å². The van der Waals surface area contributed by atoms with Gasteiger partial charge in [-0.15, -0.1) is 0 Å². The summed E-state index contributed by atoms with van der Waals surface area (Å²) in [6, 6.07) is 6.16. The van der Waals surface area contributed by atoms with Crippen molar-refractivity contribution in [3.05, 3.63) is 70.6 Å². The van der Waals surface area contributed by atoms with Gasteiger partial charge in [0.15, 0.2) is 0 Å². The molecule has 0 aromatic heterocycles. The summed E-state index contributed by atoms with van der Waals surface area (Å²) in [5.74, 6) is -3.37. The maximum Gasteiger partial charge on any atom is 0.419 e. The minimum atomic E-state index is -4.93. The lowest BCUT2D eigenvalue weighted by molar-refractivity contribution is -0.140. The van der Waals surface area contributed by atoms with Crippen LogP contribution in [0.15, 0.2) is 48.0 Å². The van der Waals surface area contributed by atoms with Gasteiger partial charge >= 0.3 is 6.18 Å². The van der Waals surface area contributed by atoms with Crippen molar-refractivity contribution < 1.29 is 41.8 Å². The molecule has 1 saturated heterocycles. The van der Waals surface area contributed by atoms with E-state index >= 15 is 0 Å². The summed E-state index contributed by atoms with van der Waals surface area (Å²) in [6.45, 7) is 0.590. The Labute approximate surface area is 251 Å². The van der Waals surface area contributed by atoms with Crippen LogP contribution in [0, 0.1) is 29.5 Å². The number of carbonyl (C=O) groups excluding carboxylic acids is 3. The quantitative estimate of drug-likeness (QED) is 0.307. The van der Waals surface area contributed by atoms with Crippen LogP contribution in [0.4, 0.5) is 23.2 Å². The predicted molar refractivity (Wildman–Crippen MR) is 151 cm³/mol. The number of hydrogen-bond donors (Lipinski definition) is 3. The lowest BCUT2D eigenvalue weighted by Crippen LogP contribution is -2.48. The van der Waals surface area contributed by atoms with Crippen LogP contribution in [-0.2, 0) is 11.0 Å². The second kappa shape index (κ2) is 11.5. The highest BCUT2D eigenvalue weighted by Crippen LogP contribution is 2.54. The normalized spacial score (nSPS) is 27.1. The number of β-amino-alcohol motifs (C(OH)–C–C–N with tert-alkyl or cyclic N) is 1. The molecule has 2 aromatic carbocycles. The topological polar surface area (TPSA) is 108 Å². The molecular formula is C32H33F4N3O5. The number of alkyl halides is 3. The summed E-state index contributed by atoms with van der Waals surface area (Å²) in [7, 11) is 1.40. The van der Waals surface area contributed by atoms with Crippen molar-refractivity contribution >= 4 is 23.4 Å². The Morgan fingerprint density at radius 2 is 1.77 bits per heavy atom. The SMILES string of the molecule is COc1ccc(C(=O)N2CC[C@@H](O)C2)cc1C(=O)N[C@H]1[C@@H](C(=O)Nc2ccc(F)c(C(F)(F)F)c2)[C@H]2CC[C@@H]1/C2=C\C1CC1. The molecule has 1 heterocycles. The molecule has 12 heteroatoms. The molecule has 3 amide bonds. The maximum atomic E-state index is 13.9. The number of likely N-dealkylation sites (tertiary alicyclic amines) is 1. The van der Waals surface area contributed by atoms with Crippen LogP contribution >= 0.6 is 0 Å². The number of amides is 3. The highest BCUT2D eigenvalue weighted by molar-refractivity contribution is 6.02. The van der Waals surface area contributed by atoms with E-state index in [1.807, 2.05) is 0 Å². The number of methoxy groups -OCH3 is 1. The largest absolute Gasteiger partial charge is 0.496 e. The zero-order chi connectivity index (χ0) is 31.3. The monoisotopic (exact) mass is 615 g/mol. The molecule has 2 bridgehead atoms. The van der Waals surface area contributed by atoms with E-state index in [0.717, 1.165) is 30.9 Å². The number of rotatable bonds is 7. The van der Waals surface area contributed by atoms with Crippen molar-refractivity contribution in [1.29, 1.82) is 0 Å². The Morgan fingerprint density at radius 1 is 1.02 bits per heavy atom. The second-order valence-electron chi connectivity index (χ2n) is 12.1. The highest BCUT2D eigenvalue weighted by atomic mass is 19.4. The van der Waals surface area contributed by atoms with E-state index in [9.17, 15) is 37.1 Å². The molecule has 234 valence electrons. The van der Waals surface area contributed by atoms with E-state index < -0.39 is 47.4 Å². The van der Waals surface area contributed by atoms with E-state index in [4.69, 9.17) is 4.74 Å². The summed E-state index contributed by atoms with van der Waals surface area (Å²) in [6.07, 6.45) is 0.621. The zero-order valence-electron chi connectivity index (χ0n) is 24.0. The Morgan fingerprint density at radius 3 is 2.43 bits per heavy atom. The average Bonchev–Trinajstić information content (AvgIpc) is 3.46. The molecule has 3 aliphatic carbocycles. The molecule has 8 nitrogen and oxygen atoms in total. The van der Waals surface area contributed by atoms with Crippen LogP contribution in [0.1, 0.15) is 58.4 Å². The number of benzene rings is 2. The lowest BCUT2D eigenvalue weighted by atomic mass is 9.83. The first kappa shape index (κ1) is 30.1. The van der Waals surface area contributed by atoms with Crippen LogP contribution in [0.5, 0.6) is 5.75 Å². The Bertz CT molecular complexity index is 1520. The fourth-order valence-corrected chi connectivity index (χ4v) is 6.96. The number of hydrogen-bond acceptors (Lipinski definition) is 5. The zero-order valence-corrected chi connectivity index (χ0v) is 24.0. The van der Waals surface area contributed by atoms with Gasteiger partial charge in [0.25, 0.3) is 11.8 Å². The first-order valence-electron chi connectivity index (χ1n) is 14.8. The first-order chi connectivity index (χ1) is 20.9. The van der Waals surface area contributed by atoms with E-state index in [2.05, 4.69) is 16.7 Å². The third kappa shape index (κ3) is 5.79. The fourth-order valence-electron chi connectivity index (χ4n) is 6.96. The number of aliphatic hydroxyl groups is 1. The number of aliphatic hydroxyl groups excluding tert-OH is 1. The Kier molecular flexibility index (Phi) is 7.89. The van der Waals surface area contributed by atoms with Crippen LogP contribution in [-0.4, -0.2) is 60.1 Å². The Balaban J connectivity index is 1.28. The van der Waals surface area contributed by atoms with Crippen LogP contribution in [0.25, 0.3) is 0 Å². The number of ether oxygens (including phenoxy) is 1. The van der Waals surface area contributed by atoms with Gasteiger partial charge < -0.3 is 25.4 Å². The number of nitrogens with zero attached hydrogens (tertiary/aromatic N) is 1. The van der Waals surface area contributed by atoms with Crippen molar-refractivity contribution in [3.63, 3.8) is 0 Å². The molecule has 3 N–H and O–H groups in total. The van der Waals surface area contributed by atoms with Gasteiger partial charge in [0.05, 0.1) is 30.3 Å². The molecule has 1 aliphatic heterocycles. The third-order valence-electron chi connectivity index (χ3n) is 9.23. The number of carbonyl (C=O) groups is 3. The minimum absolute atomic E-state index is 0.0982. The molecule has 5 atom stereocenters. The highest BCUT2D eigenvalue weighted by Gasteiger charge is 2.55. The predicted octanol–water partition coefficient (Wildman–Crippen LogP) is 4.79. The number of allylic oxidation sites excluding steroid dienone is 1. The van der Waals surface area contributed by atoms with Crippen molar-refractivity contribution in [3.8, 4) is 5.75 Å². The van der Waals surface area contributed by atoms with Crippen LogP contribution < -0.4 is 15.4 Å². The van der Waals surface area contributed by atoms with Gasteiger partial charge in [-0.1, -0.05) is 11.6 Å². The van der Waals surface area contributed by atoms with Gasteiger partial charge in [-0.2, -0.15) is 13.2 Å². The molecular weight excluding hydrogens is 582 g/mol. The standard InChI is InChI=1S/C32H33F4N3O5/c1-44-26-9-4-17(31(43)39-11-10-19(40)15-39)13-23(26)29(41)38-28-21-7-6-20(22(21)12-16-2-3-16)27(28)30(42)37-18-5-8-25(33)24(14-18)32(34,35)36/h4-5,8-9,12-14,16,19-21,27-28,40H,2-3,6-7,10-11,15H2,1H3,(H,37,42)(H,38,41)/b22-12-/t19-,20+,21-,27+,28-/m1/s1. The molecule has 0 spiro atoms. The molecule has 6 rings (SSSR count). The van der Waals surface area contributed by atoms with Crippen molar-refractivity contribution in [2.45, 2.75) is 50.4 Å². The summed E-state index contributed by atoms with van der Waals surface area (Å²) in [5, 5.41) is 15.4. The van der Waals surface area contributed by atoms with Crippen LogP contribution in [0.2, 0.25) is 0 Å². The van der Waals surface area contributed by atoms with Gasteiger partial charge in [0.1, 0.15) is 11.6 Å². The molecule has 44 heavy (non-hydrogen) atoms. The van der Waals surface area contributed by atoms with Gasteiger partial charge in [-0.05, 0) is 80.3 Å². The summed E-state index contributed by atoms with van der Waals surface area (Å²) < 4.78 is 59.3. The molecule has 3 saturated carbocycles. The molecule has 2 aromatic rings. The molecule has 4 aliphatic rings. The van der Waals surface area contributed by atoms with Crippen molar-refractivity contribution in [1.82, 2.24) is 10.2 Å². The number of fused-ring (bicyclic) bond motifs is 2. The number of nitrogens with one attached hydrogen (secondary N) is 2. The van der Waals surface area contributed by atoms with Gasteiger partial charge in [0, 0.05) is 36.3 Å². The van der Waals surface area contributed by atoms with E-state index in [-0.39, 0.29) is 46.9 Å². The fraction of sp³-hybridized carbons (Fsp3) is 0.469. The smallest absolute Gasteiger partial charge is 0.419 e. The lowest BCUT2D eigenvalue weighted by Gasteiger charge is -2.30. The third-order valence-corrected chi connectivity index (χ3v) is 9.23.